The topological polar surface area (TPSA) is 158 Å². The van der Waals surface area contributed by atoms with Crippen LogP contribution in [-0.2, 0) is 16.6 Å². The number of methoxy groups -OCH3 is 1. The first-order valence-electron chi connectivity index (χ1n) is 10.7. The van der Waals surface area contributed by atoms with Crippen LogP contribution < -0.4 is 20.1 Å². The molecule has 12 heteroatoms. The van der Waals surface area contributed by atoms with E-state index in [2.05, 4.69) is 30.3 Å². The molecule has 0 saturated heterocycles. The minimum absolute atomic E-state index is 0.0299. The predicted octanol–water partition coefficient (Wildman–Crippen LogP) is 3.78. The third-order valence-corrected chi connectivity index (χ3v) is 6.50. The number of para-hydroxylation sites is 1. The molecule has 0 radical (unpaired) electrons. The van der Waals surface area contributed by atoms with Gasteiger partial charge in [0.05, 0.1) is 23.9 Å². The molecule has 35 heavy (non-hydrogen) atoms. The maximum Gasteiger partial charge on any atom is 0.339 e. The third kappa shape index (κ3) is 5.44. The third-order valence-electron chi connectivity index (χ3n) is 5.21. The van der Waals surface area contributed by atoms with Crippen LogP contribution in [0.25, 0.3) is 11.0 Å². The van der Waals surface area contributed by atoms with Gasteiger partial charge in [-0.05, 0) is 36.8 Å². The smallest absolute Gasteiger partial charge is 0.339 e. The van der Waals surface area contributed by atoms with E-state index < -0.39 is 16.0 Å². The number of anilines is 4. The molecular formula is C23H24N6O5S. The Morgan fingerprint density at radius 1 is 1.14 bits per heavy atom. The normalized spacial score (nSPS) is 11.3. The molecule has 0 unspecified atom stereocenters. The predicted molar refractivity (Wildman–Crippen MR) is 134 cm³/mol. The van der Waals surface area contributed by atoms with Crippen molar-refractivity contribution in [1.29, 1.82) is 0 Å². The van der Waals surface area contributed by atoms with Gasteiger partial charge in [-0.25, -0.2) is 13.2 Å². The number of nitrogens with zero attached hydrogens (tertiary/aromatic N) is 2. The number of carboxylic acid groups (broad SMARTS) is 1. The second kappa shape index (κ2) is 9.89. The first-order valence-corrected chi connectivity index (χ1v) is 12.3. The summed E-state index contributed by atoms with van der Waals surface area (Å²) in [7, 11) is -2.03. The minimum Gasteiger partial charge on any atom is -0.496 e. The molecule has 0 aliphatic rings. The highest BCUT2D eigenvalue weighted by atomic mass is 32.2. The molecule has 11 nitrogen and oxygen atoms in total. The minimum atomic E-state index is -3.42. The Balaban J connectivity index is 1.60. The maximum atomic E-state index is 12.1. The van der Waals surface area contributed by atoms with Gasteiger partial charge in [-0.15, -0.1) is 0 Å². The van der Waals surface area contributed by atoms with Crippen LogP contribution in [0.4, 0.5) is 23.1 Å². The van der Waals surface area contributed by atoms with Gasteiger partial charge >= 0.3 is 5.97 Å². The Hall–Kier alpha value is -4.32. The molecule has 2 aromatic heterocycles. The lowest BCUT2D eigenvalue weighted by Gasteiger charge is -2.14. The Labute approximate surface area is 201 Å². The summed E-state index contributed by atoms with van der Waals surface area (Å²) in [5.74, 6) is -0.121. The van der Waals surface area contributed by atoms with Crippen LogP contribution in [0.2, 0.25) is 0 Å². The van der Waals surface area contributed by atoms with E-state index in [1.807, 2.05) is 18.2 Å². The molecule has 0 saturated carbocycles. The number of carboxylic acids is 1. The molecule has 4 aromatic rings. The van der Waals surface area contributed by atoms with E-state index in [9.17, 15) is 18.3 Å². The van der Waals surface area contributed by atoms with Gasteiger partial charge in [-0.1, -0.05) is 18.2 Å². The number of hydrogen-bond acceptors (Lipinski definition) is 8. The molecule has 0 spiro atoms. The number of H-pyrrole nitrogens is 1. The summed E-state index contributed by atoms with van der Waals surface area (Å²) in [6.07, 6.45) is 1.74. The van der Waals surface area contributed by atoms with Crippen molar-refractivity contribution in [2.45, 2.75) is 13.5 Å². The first kappa shape index (κ1) is 23.8. The lowest BCUT2D eigenvalue weighted by molar-refractivity contribution is 0.0693. The van der Waals surface area contributed by atoms with E-state index in [0.29, 0.717) is 29.4 Å². The summed E-state index contributed by atoms with van der Waals surface area (Å²) >= 11 is 0. The molecule has 4 rings (SSSR count). The van der Waals surface area contributed by atoms with Crippen LogP contribution >= 0.6 is 0 Å². The number of ether oxygens (including phenoxy) is 1. The molecule has 0 bridgehead atoms. The van der Waals surface area contributed by atoms with Crippen LogP contribution in [0.5, 0.6) is 5.75 Å². The zero-order valence-electron chi connectivity index (χ0n) is 19.0. The highest BCUT2D eigenvalue weighted by molar-refractivity contribution is 7.92. The summed E-state index contributed by atoms with van der Waals surface area (Å²) in [5, 5.41) is 16.4. The van der Waals surface area contributed by atoms with Gasteiger partial charge in [0, 0.05) is 24.5 Å². The van der Waals surface area contributed by atoms with E-state index in [4.69, 9.17) is 4.74 Å². The van der Waals surface area contributed by atoms with Gasteiger partial charge in [0.25, 0.3) is 0 Å². The maximum absolute atomic E-state index is 12.1. The van der Waals surface area contributed by atoms with Crippen molar-refractivity contribution < 1.29 is 23.1 Å². The van der Waals surface area contributed by atoms with Crippen molar-refractivity contribution in [2.75, 3.05) is 28.2 Å². The van der Waals surface area contributed by atoms with Crippen LogP contribution in [0.15, 0.2) is 54.7 Å². The van der Waals surface area contributed by atoms with Gasteiger partial charge in [0.1, 0.15) is 22.8 Å². The SMILES string of the molecule is CCS(=O)(=O)Nc1ccccc1CNc1nc(Nc2ccc(C(=O)O)c(OC)c2)nc2[nH]ccc12. The number of nitrogens with one attached hydrogen (secondary N) is 4. The summed E-state index contributed by atoms with van der Waals surface area (Å²) in [6.45, 7) is 1.88. The lowest BCUT2D eigenvalue weighted by Crippen LogP contribution is -2.16. The number of aromatic amines is 1. The highest BCUT2D eigenvalue weighted by Crippen LogP contribution is 2.27. The van der Waals surface area contributed by atoms with E-state index in [1.165, 1.54) is 13.2 Å². The van der Waals surface area contributed by atoms with E-state index in [0.717, 1.165) is 10.9 Å². The molecule has 0 fully saturated rings. The van der Waals surface area contributed by atoms with Crippen molar-refractivity contribution in [1.82, 2.24) is 15.0 Å². The molecule has 0 amide bonds. The summed E-state index contributed by atoms with van der Waals surface area (Å²) < 4.78 is 31.9. The summed E-state index contributed by atoms with van der Waals surface area (Å²) in [6, 6.07) is 13.5. The number of fused-ring (bicyclic) bond motifs is 1. The number of aromatic carboxylic acids is 1. The fourth-order valence-corrected chi connectivity index (χ4v) is 4.08. The average Bonchev–Trinajstić information content (AvgIpc) is 3.31. The molecule has 0 aliphatic carbocycles. The second-order valence-electron chi connectivity index (χ2n) is 7.50. The molecule has 5 N–H and O–H groups in total. The fourth-order valence-electron chi connectivity index (χ4n) is 3.40. The molecule has 182 valence electrons. The van der Waals surface area contributed by atoms with Gasteiger partial charge in [-0.2, -0.15) is 9.97 Å². The van der Waals surface area contributed by atoms with Gasteiger partial charge in [0.15, 0.2) is 0 Å². The van der Waals surface area contributed by atoms with Crippen molar-refractivity contribution in [3.63, 3.8) is 0 Å². The zero-order chi connectivity index (χ0) is 25.0. The molecule has 2 heterocycles. The Bertz CT molecular complexity index is 1490. The number of hydrogen-bond donors (Lipinski definition) is 5. The van der Waals surface area contributed by atoms with Crippen molar-refractivity contribution in [3.05, 3.63) is 65.9 Å². The Morgan fingerprint density at radius 3 is 2.69 bits per heavy atom. The monoisotopic (exact) mass is 496 g/mol. The van der Waals surface area contributed by atoms with Crippen LogP contribution in [0.1, 0.15) is 22.8 Å². The molecule has 2 aromatic carbocycles. The number of sulfonamides is 1. The van der Waals surface area contributed by atoms with Crippen molar-refractivity contribution >= 4 is 50.2 Å². The average molecular weight is 497 g/mol. The largest absolute Gasteiger partial charge is 0.496 e. The van der Waals surface area contributed by atoms with Gasteiger partial charge in [0.2, 0.25) is 16.0 Å². The quantitative estimate of drug-likeness (QED) is 0.220. The number of rotatable bonds is 10. The fraction of sp³-hybridized carbons (Fsp3) is 0.174. The molecule has 0 aliphatic heterocycles. The summed E-state index contributed by atoms with van der Waals surface area (Å²) in [5.41, 5.74) is 2.40. The van der Waals surface area contributed by atoms with Crippen LogP contribution in [-0.4, -0.2) is 47.3 Å². The molecule has 0 atom stereocenters. The van der Waals surface area contributed by atoms with E-state index >= 15 is 0 Å². The number of benzene rings is 2. The standard InChI is InChI=1S/C23H24N6O5S/c1-3-35(32,33)29-18-7-5-4-6-14(18)13-25-21-17-10-11-24-20(17)27-23(28-21)26-15-8-9-16(22(30)31)19(12-15)34-2/h4-12,29H,3,13H2,1-2H3,(H,30,31)(H3,24,25,26,27,28). The molecular weight excluding hydrogens is 472 g/mol. The number of aromatic nitrogens is 3. The highest BCUT2D eigenvalue weighted by Gasteiger charge is 2.14. The van der Waals surface area contributed by atoms with Gasteiger partial charge in [-0.3, -0.25) is 4.72 Å². The van der Waals surface area contributed by atoms with Crippen molar-refractivity contribution in [2.24, 2.45) is 0 Å². The van der Waals surface area contributed by atoms with Gasteiger partial charge < -0.3 is 25.5 Å². The zero-order valence-corrected chi connectivity index (χ0v) is 19.8. The summed E-state index contributed by atoms with van der Waals surface area (Å²) in [4.78, 5) is 23.4. The Kier molecular flexibility index (Phi) is 6.73. The van der Waals surface area contributed by atoms with Crippen molar-refractivity contribution in [3.8, 4) is 5.75 Å². The second-order valence-corrected chi connectivity index (χ2v) is 9.51. The lowest BCUT2D eigenvalue weighted by atomic mass is 10.2. The van der Waals surface area contributed by atoms with Crippen LogP contribution in [0.3, 0.4) is 0 Å². The van der Waals surface area contributed by atoms with Crippen LogP contribution in [0, 0.1) is 0 Å². The number of carbonyl (C=O) groups is 1. The van der Waals surface area contributed by atoms with E-state index in [-0.39, 0.29) is 23.0 Å². The van der Waals surface area contributed by atoms with E-state index in [1.54, 1.807) is 37.4 Å². The first-order chi connectivity index (χ1) is 16.8. The Morgan fingerprint density at radius 2 is 1.94 bits per heavy atom.